The lowest BCUT2D eigenvalue weighted by Crippen LogP contribution is -2.71. The number of rotatable bonds is 5. The van der Waals surface area contributed by atoms with E-state index in [9.17, 15) is 10.1 Å². The van der Waals surface area contributed by atoms with Gasteiger partial charge in [0.05, 0.1) is 31.3 Å². The van der Waals surface area contributed by atoms with Gasteiger partial charge in [-0.25, -0.2) is 4.79 Å². The number of hydrogen-bond donors (Lipinski definition) is 3. The molecule has 4 heterocycles. The minimum absolute atomic E-state index is 0.125. The van der Waals surface area contributed by atoms with Crippen LogP contribution in [0.15, 0.2) is 0 Å². The number of amides is 1. The average Bonchev–Trinajstić information content (AvgIpc) is 3.39. The highest BCUT2D eigenvalue weighted by Gasteiger charge is 2.45. The van der Waals surface area contributed by atoms with E-state index in [1.807, 2.05) is 20.8 Å². The summed E-state index contributed by atoms with van der Waals surface area (Å²) in [5, 5.41) is 20.3. The van der Waals surface area contributed by atoms with Crippen LogP contribution in [0.5, 0.6) is 0 Å². The van der Waals surface area contributed by atoms with E-state index >= 15 is 0 Å². The van der Waals surface area contributed by atoms with Gasteiger partial charge in [0.1, 0.15) is 5.60 Å². The molecule has 1 amide bonds. The highest BCUT2D eigenvalue weighted by molar-refractivity contribution is 5.68. The van der Waals surface area contributed by atoms with E-state index in [4.69, 9.17) is 9.47 Å². The van der Waals surface area contributed by atoms with Crippen molar-refractivity contribution in [2.75, 3.05) is 52.9 Å². The van der Waals surface area contributed by atoms with E-state index in [-0.39, 0.29) is 24.7 Å². The number of nitriles is 1. The van der Waals surface area contributed by atoms with Crippen LogP contribution in [0, 0.1) is 17.2 Å². The molecular weight excluding hydrogens is 422 g/mol. The molecule has 10 nitrogen and oxygen atoms in total. The molecule has 4 aliphatic rings. The lowest BCUT2D eigenvalue weighted by molar-refractivity contribution is -0.0905. The molecule has 0 aromatic rings. The number of hydrogen-bond acceptors (Lipinski definition) is 9. The monoisotopic (exact) mass is 463 g/mol. The van der Waals surface area contributed by atoms with Gasteiger partial charge in [-0.2, -0.15) is 5.26 Å². The van der Waals surface area contributed by atoms with Crippen molar-refractivity contribution in [2.45, 2.75) is 76.3 Å². The molecule has 4 fully saturated rings. The number of ether oxygens (including phenoxy) is 2. The first-order chi connectivity index (χ1) is 15.7. The molecule has 0 bridgehead atoms. The van der Waals surface area contributed by atoms with Crippen LogP contribution in [0.1, 0.15) is 40.0 Å². The summed E-state index contributed by atoms with van der Waals surface area (Å²) in [5.74, 6) is 0.398. The second-order valence-electron chi connectivity index (χ2n) is 10.9. The van der Waals surface area contributed by atoms with Gasteiger partial charge in [0.2, 0.25) is 0 Å². The maximum Gasteiger partial charge on any atom is 0.410 e. The summed E-state index contributed by atoms with van der Waals surface area (Å²) in [6.07, 6.45) is 2.30. The zero-order chi connectivity index (χ0) is 23.6. The van der Waals surface area contributed by atoms with Crippen molar-refractivity contribution < 1.29 is 14.3 Å². The van der Waals surface area contributed by atoms with E-state index in [0.717, 1.165) is 26.2 Å². The molecule has 0 aromatic carbocycles. The van der Waals surface area contributed by atoms with Gasteiger partial charge in [0, 0.05) is 50.7 Å². The van der Waals surface area contributed by atoms with E-state index < -0.39 is 5.60 Å². The van der Waals surface area contributed by atoms with Crippen molar-refractivity contribution in [1.82, 2.24) is 30.7 Å². The van der Waals surface area contributed by atoms with Gasteiger partial charge in [-0.3, -0.25) is 15.5 Å². The van der Waals surface area contributed by atoms with Gasteiger partial charge >= 0.3 is 6.09 Å². The minimum atomic E-state index is -0.553. The lowest BCUT2D eigenvalue weighted by Gasteiger charge is -2.49. The highest BCUT2D eigenvalue weighted by Crippen LogP contribution is 2.26. The Hall–Kier alpha value is -1.48. The Kier molecular flexibility index (Phi) is 7.78. The maximum absolute atomic E-state index is 12.8. The van der Waals surface area contributed by atoms with Crippen LogP contribution in [0.2, 0.25) is 0 Å². The zero-order valence-corrected chi connectivity index (χ0v) is 20.5. The SMILES string of the molecule is CN1CCC[C@H]1COC1NC2CNCC2C(N2CCN(C(=O)OC(C)(C)C)C(CC#N)C2)N1. The van der Waals surface area contributed by atoms with E-state index in [0.29, 0.717) is 44.1 Å². The third kappa shape index (κ3) is 5.96. The van der Waals surface area contributed by atoms with E-state index in [2.05, 4.69) is 38.9 Å². The van der Waals surface area contributed by atoms with Crippen LogP contribution in [-0.2, 0) is 9.47 Å². The standard InChI is InChI=1S/C23H41N7O3/c1-23(2,3)33-22(31)30-11-10-29(14-16(30)7-8-24)20-18-12-25-13-19(18)26-21(27-20)32-15-17-6-5-9-28(17)4/h16-21,25-27H,5-7,9-15H2,1-4H3/t16?,17-,18?,19?,20?,21?/m0/s1. The molecule has 4 rings (SSSR count). The summed E-state index contributed by atoms with van der Waals surface area (Å²) in [7, 11) is 2.17. The minimum Gasteiger partial charge on any atom is -0.444 e. The number of likely N-dealkylation sites (tertiary alicyclic amines) is 1. The number of fused-ring (bicyclic) bond motifs is 1. The van der Waals surface area contributed by atoms with Gasteiger partial charge < -0.3 is 24.6 Å². The summed E-state index contributed by atoms with van der Waals surface area (Å²) in [6, 6.07) is 2.89. The second-order valence-corrected chi connectivity index (χ2v) is 10.9. The van der Waals surface area contributed by atoms with E-state index in [1.54, 1.807) is 4.90 Å². The Morgan fingerprint density at radius 3 is 2.67 bits per heavy atom. The number of carbonyl (C=O) groups is 1. The number of nitrogens with zero attached hydrogens (tertiary/aromatic N) is 4. The lowest BCUT2D eigenvalue weighted by atomic mass is 9.95. The molecule has 186 valence electrons. The molecule has 5 unspecified atom stereocenters. The fourth-order valence-corrected chi connectivity index (χ4v) is 5.58. The van der Waals surface area contributed by atoms with Crippen molar-refractivity contribution in [3.8, 4) is 6.07 Å². The Labute approximate surface area is 197 Å². The topological polar surface area (TPSA) is 105 Å². The molecule has 4 saturated heterocycles. The summed E-state index contributed by atoms with van der Waals surface area (Å²) in [5.41, 5.74) is -0.553. The van der Waals surface area contributed by atoms with Gasteiger partial charge in [-0.05, 0) is 47.2 Å². The van der Waals surface area contributed by atoms with Crippen LogP contribution in [0.4, 0.5) is 4.79 Å². The number of carbonyl (C=O) groups excluding carboxylic acids is 1. The average molecular weight is 464 g/mol. The predicted octanol–water partition coefficient (Wildman–Crippen LogP) is 0.323. The molecule has 4 aliphatic heterocycles. The Balaban J connectivity index is 1.40. The summed E-state index contributed by atoms with van der Waals surface area (Å²) < 4.78 is 11.9. The van der Waals surface area contributed by atoms with Crippen LogP contribution in [0.25, 0.3) is 0 Å². The van der Waals surface area contributed by atoms with Gasteiger partial charge in [-0.15, -0.1) is 0 Å². The predicted molar refractivity (Wildman–Crippen MR) is 124 cm³/mol. The molecule has 0 spiro atoms. The third-order valence-corrected chi connectivity index (χ3v) is 7.34. The van der Waals surface area contributed by atoms with Crippen LogP contribution >= 0.6 is 0 Å². The fourth-order valence-electron chi connectivity index (χ4n) is 5.58. The number of piperazine rings is 1. The van der Waals surface area contributed by atoms with Gasteiger partial charge in [0.25, 0.3) is 0 Å². The fraction of sp³-hybridized carbons (Fsp3) is 0.913. The van der Waals surface area contributed by atoms with Crippen molar-refractivity contribution in [3.63, 3.8) is 0 Å². The highest BCUT2D eigenvalue weighted by atomic mass is 16.6. The van der Waals surface area contributed by atoms with Gasteiger partial charge in [-0.1, -0.05) is 0 Å². The molecule has 3 N–H and O–H groups in total. The maximum atomic E-state index is 12.8. The van der Waals surface area contributed by atoms with Crippen molar-refractivity contribution in [3.05, 3.63) is 0 Å². The first-order valence-corrected chi connectivity index (χ1v) is 12.4. The second kappa shape index (κ2) is 10.4. The van der Waals surface area contributed by atoms with Crippen LogP contribution in [-0.4, -0.2) is 110 Å². The molecule has 0 aliphatic carbocycles. The largest absolute Gasteiger partial charge is 0.444 e. The quantitative estimate of drug-likeness (QED) is 0.532. The number of nitrogens with one attached hydrogen (secondary N) is 3. The Bertz CT molecular complexity index is 724. The van der Waals surface area contributed by atoms with Crippen molar-refractivity contribution >= 4 is 6.09 Å². The molecule has 0 radical (unpaired) electrons. The summed E-state index contributed by atoms with van der Waals surface area (Å²) >= 11 is 0. The Morgan fingerprint density at radius 1 is 1.15 bits per heavy atom. The molecule has 0 saturated carbocycles. The summed E-state index contributed by atoms with van der Waals surface area (Å²) in [6.45, 7) is 11.2. The normalized spacial score (nSPS) is 35.9. The Morgan fingerprint density at radius 2 is 1.97 bits per heavy atom. The first kappa shape index (κ1) is 24.6. The zero-order valence-electron chi connectivity index (χ0n) is 20.5. The number of likely N-dealkylation sites (N-methyl/N-ethyl adjacent to an activating group) is 1. The van der Waals surface area contributed by atoms with Crippen LogP contribution < -0.4 is 16.0 Å². The molecule has 10 heteroatoms. The molecular formula is C23H41N7O3. The van der Waals surface area contributed by atoms with Crippen molar-refractivity contribution in [2.24, 2.45) is 5.92 Å². The first-order valence-electron chi connectivity index (χ1n) is 12.4. The smallest absolute Gasteiger partial charge is 0.410 e. The summed E-state index contributed by atoms with van der Waals surface area (Å²) in [4.78, 5) is 19.3. The third-order valence-electron chi connectivity index (χ3n) is 7.34. The van der Waals surface area contributed by atoms with E-state index in [1.165, 1.54) is 12.8 Å². The molecule has 33 heavy (non-hydrogen) atoms. The van der Waals surface area contributed by atoms with Gasteiger partial charge in [0.15, 0.2) is 6.35 Å². The van der Waals surface area contributed by atoms with Crippen LogP contribution in [0.3, 0.4) is 0 Å². The molecule has 0 aromatic heterocycles. The molecule has 6 atom stereocenters. The van der Waals surface area contributed by atoms with Crippen molar-refractivity contribution in [1.29, 1.82) is 5.26 Å².